The van der Waals surface area contributed by atoms with Gasteiger partial charge in [0, 0.05) is 44.2 Å². The van der Waals surface area contributed by atoms with Crippen molar-refractivity contribution >= 4 is 22.7 Å². The largest absolute Gasteiger partial charge is 0.507 e. The third-order valence-corrected chi connectivity index (χ3v) is 6.58. The van der Waals surface area contributed by atoms with E-state index in [0.717, 1.165) is 19.3 Å². The molecule has 2 fully saturated rings. The molecule has 0 radical (unpaired) electrons. The van der Waals surface area contributed by atoms with Gasteiger partial charge in [-0.3, -0.25) is 9.78 Å². The fraction of sp³-hybridized carbons (Fsp3) is 0.435. The molecule has 4 heterocycles. The lowest BCUT2D eigenvalue weighted by Gasteiger charge is -2.38. The minimum Gasteiger partial charge on any atom is -0.507 e. The number of amides is 1. The zero-order chi connectivity index (χ0) is 22.6. The Morgan fingerprint density at radius 3 is 2.72 bits per heavy atom. The number of benzene rings is 1. The van der Waals surface area contributed by atoms with Crippen LogP contribution in [-0.4, -0.2) is 71.3 Å². The van der Waals surface area contributed by atoms with Gasteiger partial charge in [-0.15, -0.1) is 0 Å². The number of aromatic hydroxyl groups is 1. The first-order valence-corrected chi connectivity index (χ1v) is 10.8. The van der Waals surface area contributed by atoms with Gasteiger partial charge in [0.1, 0.15) is 23.3 Å². The number of hydrogen-bond acceptors (Lipinski definition) is 7. The van der Waals surface area contributed by atoms with Gasteiger partial charge in [0.25, 0.3) is 5.91 Å². The molecule has 0 aliphatic carbocycles. The van der Waals surface area contributed by atoms with Crippen molar-refractivity contribution in [2.45, 2.75) is 43.6 Å². The summed E-state index contributed by atoms with van der Waals surface area (Å²) in [6.07, 6.45) is 4.82. The second-order valence-corrected chi connectivity index (χ2v) is 8.88. The first-order chi connectivity index (χ1) is 15.3. The minimum atomic E-state index is -0.954. The average molecular weight is 439 g/mol. The van der Waals surface area contributed by atoms with Crippen LogP contribution in [0.2, 0.25) is 0 Å². The van der Waals surface area contributed by atoms with Crippen LogP contribution in [0, 0.1) is 0 Å². The topological polar surface area (TPSA) is 94.7 Å². The van der Waals surface area contributed by atoms with Crippen LogP contribution in [0.1, 0.15) is 29.8 Å². The van der Waals surface area contributed by atoms with Crippen LogP contribution in [0.5, 0.6) is 5.75 Å². The van der Waals surface area contributed by atoms with E-state index < -0.39 is 6.17 Å². The van der Waals surface area contributed by atoms with Crippen LogP contribution >= 0.6 is 0 Å². The van der Waals surface area contributed by atoms with Crippen molar-refractivity contribution in [1.29, 1.82) is 0 Å². The Balaban J connectivity index is 1.41. The standard InChI is InChI=1S/C23H26FN5O3/c1-28(2)23(31)20-7-12-6-18(30)14(9-19(12)32-20)16-10-26-21(11-25-16)29(3)17-8-13-4-5-15(27-13)22(17)24/h6-7,9-11,13,15,17,22,27,30H,4-5,8H2,1-3H3/t13-,15+,17-,22+/m1/s1. The van der Waals surface area contributed by atoms with Crippen LogP contribution in [0.25, 0.3) is 22.2 Å². The van der Waals surface area contributed by atoms with E-state index in [-0.39, 0.29) is 29.5 Å². The number of fused-ring (bicyclic) bond motifs is 3. The predicted molar refractivity (Wildman–Crippen MR) is 119 cm³/mol. The third-order valence-electron chi connectivity index (χ3n) is 6.58. The van der Waals surface area contributed by atoms with E-state index in [2.05, 4.69) is 15.3 Å². The van der Waals surface area contributed by atoms with Gasteiger partial charge in [0.2, 0.25) is 0 Å². The van der Waals surface area contributed by atoms with Gasteiger partial charge in [-0.25, -0.2) is 9.37 Å². The fourth-order valence-electron chi connectivity index (χ4n) is 4.77. The number of nitrogens with zero attached hydrogens (tertiary/aromatic N) is 4. The molecule has 2 aliphatic heterocycles. The monoisotopic (exact) mass is 439 g/mol. The highest BCUT2D eigenvalue weighted by atomic mass is 19.1. The van der Waals surface area contributed by atoms with E-state index in [1.807, 2.05) is 11.9 Å². The summed E-state index contributed by atoms with van der Waals surface area (Å²) in [5.74, 6) is 0.532. The summed E-state index contributed by atoms with van der Waals surface area (Å²) in [6, 6.07) is 4.81. The molecule has 3 aromatic rings. The molecular weight excluding hydrogens is 413 g/mol. The molecule has 1 amide bonds. The van der Waals surface area contributed by atoms with Crippen molar-refractivity contribution in [1.82, 2.24) is 20.2 Å². The first kappa shape index (κ1) is 20.7. The lowest BCUT2D eigenvalue weighted by Crippen LogP contribution is -2.55. The van der Waals surface area contributed by atoms with Crippen LogP contribution in [0.3, 0.4) is 0 Å². The lowest BCUT2D eigenvalue weighted by molar-refractivity contribution is 0.0799. The van der Waals surface area contributed by atoms with E-state index in [1.54, 1.807) is 44.7 Å². The number of alkyl halides is 1. The van der Waals surface area contributed by atoms with Crippen molar-refractivity contribution in [2.24, 2.45) is 0 Å². The Bertz CT molecular complexity index is 1160. The summed E-state index contributed by atoms with van der Waals surface area (Å²) < 4.78 is 20.6. The van der Waals surface area contributed by atoms with Crippen LogP contribution < -0.4 is 10.2 Å². The number of carbonyl (C=O) groups excluding carboxylic acids is 1. The van der Waals surface area contributed by atoms with Crippen LogP contribution in [0.4, 0.5) is 10.2 Å². The predicted octanol–water partition coefficient (Wildman–Crippen LogP) is 2.96. The number of furan rings is 1. The number of carbonyl (C=O) groups is 1. The van der Waals surface area contributed by atoms with Gasteiger partial charge in [0.05, 0.1) is 24.1 Å². The summed E-state index contributed by atoms with van der Waals surface area (Å²) in [6.45, 7) is 0. The number of aromatic nitrogens is 2. The molecule has 8 nitrogen and oxygen atoms in total. The molecule has 2 aliphatic rings. The molecule has 5 rings (SSSR count). The number of phenols is 1. The maximum absolute atomic E-state index is 14.9. The molecule has 4 atom stereocenters. The molecule has 0 saturated carbocycles. The maximum Gasteiger partial charge on any atom is 0.289 e. The van der Waals surface area contributed by atoms with Gasteiger partial charge in [-0.2, -0.15) is 0 Å². The smallest absolute Gasteiger partial charge is 0.289 e. The van der Waals surface area contributed by atoms with E-state index in [4.69, 9.17) is 4.42 Å². The normalized spacial score (nSPS) is 24.6. The highest BCUT2D eigenvalue weighted by Gasteiger charge is 2.43. The zero-order valence-corrected chi connectivity index (χ0v) is 18.2. The number of phenolic OH excluding ortho intramolecular Hbond substituents is 1. The van der Waals surface area contributed by atoms with E-state index in [1.165, 1.54) is 4.90 Å². The van der Waals surface area contributed by atoms with Crippen molar-refractivity contribution < 1.29 is 18.7 Å². The quantitative estimate of drug-likeness (QED) is 0.645. The van der Waals surface area contributed by atoms with Gasteiger partial charge in [0.15, 0.2) is 5.76 Å². The van der Waals surface area contributed by atoms with E-state index in [9.17, 15) is 14.3 Å². The van der Waals surface area contributed by atoms with Gasteiger partial charge >= 0.3 is 0 Å². The molecule has 168 valence electrons. The summed E-state index contributed by atoms with van der Waals surface area (Å²) >= 11 is 0. The van der Waals surface area contributed by atoms with Gasteiger partial charge in [-0.1, -0.05) is 0 Å². The van der Waals surface area contributed by atoms with Crippen molar-refractivity contribution in [3.63, 3.8) is 0 Å². The number of rotatable bonds is 4. The fourth-order valence-corrected chi connectivity index (χ4v) is 4.77. The minimum absolute atomic E-state index is 0.0105. The summed E-state index contributed by atoms with van der Waals surface area (Å²) in [5.41, 5.74) is 1.37. The number of piperidine rings is 1. The Hall–Kier alpha value is -3.20. The van der Waals surface area contributed by atoms with Crippen molar-refractivity contribution in [3.8, 4) is 17.0 Å². The lowest BCUT2D eigenvalue weighted by atomic mass is 9.96. The molecule has 0 unspecified atom stereocenters. The number of nitrogens with one attached hydrogen (secondary N) is 1. The SMILES string of the molecule is CN(C)C(=O)c1cc2cc(O)c(-c3cnc(N(C)[C@@H]4C[C@H]5CC[C@H](N5)[C@@H]4F)cn3)cc2o1. The molecule has 0 spiro atoms. The van der Waals surface area contributed by atoms with Gasteiger partial charge in [-0.05, 0) is 37.5 Å². The molecule has 2 bridgehead atoms. The van der Waals surface area contributed by atoms with E-state index >= 15 is 0 Å². The number of hydrogen-bond donors (Lipinski definition) is 2. The Labute approximate surface area is 185 Å². The first-order valence-electron chi connectivity index (χ1n) is 10.8. The third kappa shape index (κ3) is 3.46. The highest BCUT2D eigenvalue weighted by molar-refractivity contribution is 5.97. The molecular formula is C23H26FN5O3. The molecule has 1 aromatic carbocycles. The number of halogens is 1. The Morgan fingerprint density at radius 2 is 2.00 bits per heavy atom. The second kappa shape index (κ2) is 7.74. The maximum atomic E-state index is 14.9. The molecule has 2 saturated heterocycles. The van der Waals surface area contributed by atoms with Gasteiger partial charge < -0.3 is 24.6 Å². The van der Waals surface area contributed by atoms with Crippen molar-refractivity contribution in [2.75, 3.05) is 26.0 Å². The summed E-state index contributed by atoms with van der Waals surface area (Å²) in [5, 5.41) is 14.5. The summed E-state index contributed by atoms with van der Waals surface area (Å²) in [7, 11) is 5.14. The Kier molecular flexibility index (Phi) is 5.00. The van der Waals surface area contributed by atoms with Crippen LogP contribution in [0.15, 0.2) is 35.0 Å². The molecule has 9 heteroatoms. The van der Waals surface area contributed by atoms with Crippen LogP contribution in [-0.2, 0) is 0 Å². The number of anilines is 1. The zero-order valence-electron chi connectivity index (χ0n) is 18.2. The second-order valence-electron chi connectivity index (χ2n) is 8.88. The molecule has 2 aromatic heterocycles. The highest BCUT2D eigenvalue weighted by Crippen LogP contribution is 2.35. The Morgan fingerprint density at radius 1 is 1.19 bits per heavy atom. The molecule has 32 heavy (non-hydrogen) atoms. The average Bonchev–Trinajstić information content (AvgIpc) is 3.39. The van der Waals surface area contributed by atoms with E-state index in [0.29, 0.717) is 34.1 Å². The summed E-state index contributed by atoms with van der Waals surface area (Å²) in [4.78, 5) is 24.4. The molecule has 2 N–H and O–H groups in total. The van der Waals surface area contributed by atoms with Crippen molar-refractivity contribution in [3.05, 3.63) is 36.4 Å².